The summed E-state index contributed by atoms with van der Waals surface area (Å²) in [6.07, 6.45) is 9.87. The molecule has 3 aliphatic heterocycles. The molecule has 1 atom stereocenters. The van der Waals surface area contributed by atoms with Crippen molar-refractivity contribution in [1.29, 1.82) is 0 Å². The number of nitrogens with one attached hydrogen (secondary N) is 2. The molecule has 338 valence electrons. The van der Waals surface area contributed by atoms with Gasteiger partial charge in [-0.05, 0) is 100 Å². The average Bonchev–Trinajstić information content (AvgIpc) is 3.84. The van der Waals surface area contributed by atoms with Crippen LogP contribution >= 0.6 is 0 Å². The molecule has 4 N–H and O–H groups in total. The van der Waals surface area contributed by atoms with Crippen LogP contribution in [0.15, 0.2) is 79.1 Å². The lowest BCUT2D eigenvalue weighted by Crippen LogP contribution is -2.54. The van der Waals surface area contributed by atoms with E-state index in [0.717, 1.165) is 123 Å². The number of nitrogens with two attached hydrogens (primary N) is 1. The van der Waals surface area contributed by atoms with E-state index in [1.54, 1.807) is 6.07 Å². The van der Waals surface area contributed by atoms with Crippen LogP contribution in [-0.2, 0) is 14.4 Å². The maximum absolute atomic E-state index is 13.3. The van der Waals surface area contributed by atoms with Gasteiger partial charge in [0, 0.05) is 50.7 Å². The number of amides is 5. The van der Waals surface area contributed by atoms with Gasteiger partial charge in [-0.1, -0.05) is 37.1 Å². The molecule has 5 heterocycles. The SMILES string of the molecule is Nc1ncnc2c1c(-c1ccc(Oc3ccccc3)cc1)nn2C1CCC(N2CCN(CCCCCCNC(=O)COc3cccc4c3C(=O)N(C3CCC(=O)NC3=O)C4=O)CC2)CC1. The number of imide groups is 2. The van der Waals surface area contributed by atoms with Crippen molar-refractivity contribution in [3.8, 4) is 28.5 Å². The Morgan fingerprint density at radius 2 is 1.52 bits per heavy atom. The molecule has 65 heavy (non-hydrogen) atoms. The minimum atomic E-state index is -1.08. The third kappa shape index (κ3) is 9.56. The summed E-state index contributed by atoms with van der Waals surface area (Å²) >= 11 is 0. The van der Waals surface area contributed by atoms with Gasteiger partial charge in [0.2, 0.25) is 11.8 Å². The molecular formula is C48H54N10O7. The number of carbonyl (C=O) groups excluding carboxylic acids is 5. The molecule has 2 aromatic heterocycles. The van der Waals surface area contributed by atoms with Crippen molar-refractivity contribution >= 4 is 46.4 Å². The minimum absolute atomic E-state index is 0.0192. The number of unbranched alkanes of at least 4 members (excludes halogenated alkanes) is 3. The van der Waals surface area contributed by atoms with Crippen molar-refractivity contribution < 1.29 is 33.4 Å². The van der Waals surface area contributed by atoms with Crippen LogP contribution in [0.5, 0.6) is 17.2 Å². The van der Waals surface area contributed by atoms with E-state index in [-0.39, 0.29) is 48.3 Å². The zero-order valence-corrected chi connectivity index (χ0v) is 36.3. The highest BCUT2D eigenvalue weighted by Crippen LogP contribution is 2.38. The van der Waals surface area contributed by atoms with Crippen molar-refractivity contribution in [1.82, 2.24) is 45.1 Å². The van der Waals surface area contributed by atoms with Gasteiger partial charge in [-0.3, -0.25) is 39.1 Å². The lowest BCUT2D eigenvalue weighted by molar-refractivity contribution is -0.136. The summed E-state index contributed by atoms with van der Waals surface area (Å²) in [6.45, 7) is 5.52. The van der Waals surface area contributed by atoms with Crippen LogP contribution in [0.25, 0.3) is 22.3 Å². The molecule has 0 spiro atoms. The quantitative estimate of drug-likeness (QED) is 0.0870. The van der Waals surface area contributed by atoms with E-state index in [2.05, 4.69) is 35.1 Å². The van der Waals surface area contributed by atoms with Gasteiger partial charge < -0.3 is 25.4 Å². The highest BCUT2D eigenvalue weighted by atomic mass is 16.5. The summed E-state index contributed by atoms with van der Waals surface area (Å²) in [5.74, 6) is -0.703. The number of ether oxygens (including phenoxy) is 2. The molecule has 17 nitrogen and oxygen atoms in total. The topological polar surface area (TPSA) is 207 Å². The first kappa shape index (κ1) is 43.5. The minimum Gasteiger partial charge on any atom is -0.483 e. The van der Waals surface area contributed by atoms with Gasteiger partial charge in [-0.15, -0.1) is 0 Å². The number of nitrogens with zero attached hydrogens (tertiary/aromatic N) is 7. The molecule has 9 rings (SSSR count). The number of piperazine rings is 1. The molecule has 2 saturated heterocycles. The number of para-hydroxylation sites is 1. The third-order valence-electron chi connectivity index (χ3n) is 13.1. The first-order chi connectivity index (χ1) is 31.7. The Morgan fingerprint density at radius 1 is 0.785 bits per heavy atom. The van der Waals surface area contributed by atoms with E-state index in [1.165, 1.54) is 18.5 Å². The van der Waals surface area contributed by atoms with Crippen LogP contribution in [0.3, 0.4) is 0 Å². The van der Waals surface area contributed by atoms with Crippen molar-refractivity contribution in [2.75, 3.05) is 51.6 Å². The van der Waals surface area contributed by atoms with E-state index < -0.39 is 29.7 Å². The van der Waals surface area contributed by atoms with Crippen LogP contribution in [0, 0.1) is 0 Å². The molecule has 5 aromatic rings. The number of aromatic nitrogens is 4. The third-order valence-corrected chi connectivity index (χ3v) is 13.1. The first-order valence-electron chi connectivity index (χ1n) is 22.7. The normalized spacial score (nSPS) is 20.5. The van der Waals surface area contributed by atoms with Gasteiger partial charge in [0.15, 0.2) is 12.3 Å². The Balaban J connectivity index is 0.665. The molecule has 1 unspecified atom stereocenters. The fourth-order valence-corrected chi connectivity index (χ4v) is 9.62. The Hall–Kier alpha value is -6.72. The molecule has 0 bridgehead atoms. The lowest BCUT2D eigenvalue weighted by atomic mass is 9.90. The lowest BCUT2D eigenvalue weighted by Gasteiger charge is -2.42. The number of rotatable bonds is 16. The number of piperidine rings is 1. The van der Waals surface area contributed by atoms with Crippen molar-refractivity contribution in [3.63, 3.8) is 0 Å². The van der Waals surface area contributed by atoms with Gasteiger partial charge in [0.1, 0.15) is 41.1 Å². The number of nitrogen functional groups attached to an aromatic ring is 1. The van der Waals surface area contributed by atoms with E-state index in [1.807, 2.05) is 54.6 Å². The summed E-state index contributed by atoms with van der Waals surface area (Å²) in [5, 5.41) is 11.0. The summed E-state index contributed by atoms with van der Waals surface area (Å²) in [5.41, 5.74) is 9.07. The number of hydrogen-bond acceptors (Lipinski definition) is 13. The Bertz CT molecular complexity index is 2550. The summed E-state index contributed by atoms with van der Waals surface area (Å²) in [7, 11) is 0. The Labute approximate surface area is 376 Å². The highest BCUT2D eigenvalue weighted by molar-refractivity contribution is 6.24. The highest BCUT2D eigenvalue weighted by Gasteiger charge is 2.46. The second kappa shape index (κ2) is 19.6. The Morgan fingerprint density at radius 3 is 2.29 bits per heavy atom. The summed E-state index contributed by atoms with van der Waals surface area (Å²) in [4.78, 5) is 78.1. The molecule has 0 radical (unpaired) electrons. The standard InChI is InChI=1S/C48H54N10O7/c49-44-42-43(31-13-19-35(20-14-31)65-34-9-4-3-5-10-34)54-58(45(42)52-30-51-44)33-17-15-32(16-18-33)56-27-25-55(26-28-56)24-7-2-1-6-23-50-40(60)29-64-38-12-8-11-36-41(38)48(63)57(47(36)62)37-21-22-39(59)53-46(37)61/h3-5,8-14,19-20,30,32-33,37H,1-2,6-7,15-18,21-29H2,(H,50,60)(H2,49,51,52)(H,53,59,61). The van der Waals surface area contributed by atoms with Crippen molar-refractivity contribution in [3.05, 3.63) is 90.3 Å². The molecule has 5 amide bonds. The fraction of sp³-hybridized carbons (Fsp3) is 0.417. The molecule has 3 aromatic carbocycles. The van der Waals surface area contributed by atoms with E-state index in [9.17, 15) is 24.0 Å². The average molecular weight is 883 g/mol. The second-order valence-electron chi connectivity index (χ2n) is 17.2. The van der Waals surface area contributed by atoms with Gasteiger partial charge >= 0.3 is 0 Å². The van der Waals surface area contributed by atoms with Gasteiger partial charge in [-0.2, -0.15) is 5.10 Å². The van der Waals surface area contributed by atoms with Crippen molar-refractivity contribution in [2.45, 2.75) is 82.3 Å². The van der Waals surface area contributed by atoms with E-state index in [0.29, 0.717) is 18.4 Å². The number of fused-ring (bicyclic) bond motifs is 2. The molecule has 3 fully saturated rings. The molecular weight excluding hydrogens is 829 g/mol. The van der Waals surface area contributed by atoms with Gasteiger partial charge in [-0.25, -0.2) is 14.6 Å². The maximum Gasteiger partial charge on any atom is 0.266 e. The number of benzene rings is 3. The predicted octanol–water partition coefficient (Wildman–Crippen LogP) is 5.13. The summed E-state index contributed by atoms with van der Waals surface area (Å²) < 4.78 is 13.8. The van der Waals surface area contributed by atoms with E-state index >= 15 is 0 Å². The first-order valence-corrected chi connectivity index (χ1v) is 22.7. The van der Waals surface area contributed by atoms with Crippen LogP contribution < -0.4 is 25.8 Å². The van der Waals surface area contributed by atoms with Crippen LogP contribution in [0.1, 0.15) is 91.0 Å². The maximum atomic E-state index is 13.3. The molecule has 4 aliphatic rings. The van der Waals surface area contributed by atoms with Gasteiger partial charge in [0.05, 0.1) is 22.6 Å². The molecule has 1 saturated carbocycles. The number of hydrogen-bond donors (Lipinski definition) is 3. The second-order valence-corrected chi connectivity index (χ2v) is 17.2. The number of carbonyl (C=O) groups is 5. The van der Waals surface area contributed by atoms with E-state index in [4.69, 9.17) is 20.3 Å². The van der Waals surface area contributed by atoms with Crippen LogP contribution in [-0.4, -0.2) is 122 Å². The molecule has 1 aliphatic carbocycles. The molecule has 17 heteroatoms. The van der Waals surface area contributed by atoms with Crippen LogP contribution in [0.4, 0.5) is 5.82 Å². The monoisotopic (exact) mass is 882 g/mol. The van der Waals surface area contributed by atoms with Crippen molar-refractivity contribution in [2.24, 2.45) is 0 Å². The van der Waals surface area contributed by atoms with Gasteiger partial charge in [0.25, 0.3) is 17.7 Å². The fourth-order valence-electron chi connectivity index (χ4n) is 9.62. The smallest absolute Gasteiger partial charge is 0.266 e. The zero-order valence-electron chi connectivity index (χ0n) is 36.3. The number of anilines is 1. The van der Waals surface area contributed by atoms with Crippen LogP contribution in [0.2, 0.25) is 0 Å². The largest absolute Gasteiger partial charge is 0.483 e. The summed E-state index contributed by atoms with van der Waals surface area (Å²) in [6, 6.07) is 21.9. The Kier molecular flexibility index (Phi) is 13.1. The zero-order chi connectivity index (χ0) is 44.9. The predicted molar refractivity (Wildman–Crippen MR) is 241 cm³/mol.